The van der Waals surface area contributed by atoms with Crippen molar-refractivity contribution < 1.29 is 9.90 Å². The van der Waals surface area contributed by atoms with E-state index in [9.17, 15) is 9.90 Å². The molecule has 1 amide bonds. The second kappa shape index (κ2) is 7.93. The molecule has 1 aliphatic heterocycles. The van der Waals surface area contributed by atoms with Crippen molar-refractivity contribution in [3.63, 3.8) is 0 Å². The fourth-order valence-electron chi connectivity index (χ4n) is 2.97. The maximum absolute atomic E-state index is 12.2. The molecule has 1 aromatic rings. The molecule has 0 aromatic heterocycles. The van der Waals surface area contributed by atoms with E-state index in [-0.39, 0.29) is 11.3 Å². The SMILES string of the molecule is CC(C)(C)CC(=O)N1CCC(NCC(O)c2ccccc2)CC1. The van der Waals surface area contributed by atoms with Crippen LogP contribution in [0.5, 0.6) is 0 Å². The Morgan fingerprint density at radius 1 is 1.26 bits per heavy atom. The van der Waals surface area contributed by atoms with E-state index in [4.69, 9.17) is 0 Å². The number of amides is 1. The normalized spacial score (nSPS) is 18.0. The first-order chi connectivity index (χ1) is 10.8. The number of aliphatic hydroxyl groups is 1. The van der Waals surface area contributed by atoms with Crippen molar-refractivity contribution in [3.8, 4) is 0 Å². The number of likely N-dealkylation sites (tertiary alicyclic amines) is 1. The van der Waals surface area contributed by atoms with Gasteiger partial charge in [-0.3, -0.25) is 4.79 Å². The van der Waals surface area contributed by atoms with E-state index in [2.05, 4.69) is 26.1 Å². The van der Waals surface area contributed by atoms with Gasteiger partial charge in [0.05, 0.1) is 6.10 Å². The lowest BCUT2D eigenvalue weighted by molar-refractivity contribution is -0.134. The quantitative estimate of drug-likeness (QED) is 0.878. The highest BCUT2D eigenvalue weighted by atomic mass is 16.3. The summed E-state index contributed by atoms with van der Waals surface area (Å²) in [4.78, 5) is 14.2. The molecule has 1 saturated heterocycles. The minimum Gasteiger partial charge on any atom is -0.387 e. The van der Waals surface area contributed by atoms with Crippen molar-refractivity contribution in [2.75, 3.05) is 19.6 Å². The summed E-state index contributed by atoms with van der Waals surface area (Å²) in [5, 5.41) is 13.6. The van der Waals surface area contributed by atoms with Crippen LogP contribution in [0.25, 0.3) is 0 Å². The molecule has 0 bridgehead atoms. The van der Waals surface area contributed by atoms with Crippen LogP contribution < -0.4 is 5.32 Å². The molecule has 0 aliphatic carbocycles. The smallest absolute Gasteiger partial charge is 0.223 e. The molecule has 1 atom stereocenters. The van der Waals surface area contributed by atoms with Crippen LogP contribution in [-0.2, 0) is 4.79 Å². The van der Waals surface area contributed by atoms with Crippen molar-refractivity contribution in [2.24, 2.45) is 5.41 Å². The number of carbonyl (C=O) groups excluding carboxylic acids is 1. The van der Waals surface area contributed by atoms with Gasteiger partial charge in [-0.2, -0.15) is 0 Å². The summed E-state index contributed by atoms with van der Waals surface area (Å²) in [7, 11) is 0. The van der Waals surface area contributed by atoms with E-state index in [1.807, 2.05) is 35.2 Å². The lowest BCUT2D eigenvalue weighted by Crippen LogP contribution is -2.46. The van der Waals surface area contributed by atoms with Crippen LogP contribution in [-0.4, -0.2) is 41.6 Å². The van der Waals surface area contributed by atoms with Crippen LogP contribution in [0.1, 0.15) is 51.7 Å². The second-order valence-electron chi connectivity index (χ2n) is 7.73. The van der Waals surface area contributed by atoms with Crippen LogP contribution in [0.4, 0.5) is 0 Å². The van der Waals surface area contributed by atoms with Crippen LogP contribution in [0.2, 0.25) is 0 Å². The number of nitrogens with one attached hydrogen (secondary N) is 1. The van der Waals surface area contributed by atoms with Gasteiger partial charge in [0, 0.05) is 32.1 Å². The number of hydrogen-bond acceptors (Lipinski definition) is 3. The summed E-state index contributed by atoms with van der Waals surface area (Å²) < 4.78 is 0. The first-order valence-electron chi connectivity index (χ1n) is 8.59. The molecule has 0 radical (unpaired) electrons. The number of piperidine rings is 1. The Balaban J connectivity index is 1.72. The van der Waals surface area contributed by atoms with Crippen molar-refractivity contribution in [2.45, 2.75) is 52.2 Å². The topological polar surface area (TPSA) is 52.6 Å². The zero-order chi connectivity index (χ0) is 16.9. The molecule has 0 spiro atoms. The lowest BCUT2D eigenvalue weighted by Gasteiger charge is -2.34. The van der Waals surface area contributed by atoms with E-state index in [1.54, 1.807) is 0 Å². The predicted molar refractivity (Wildman–Crippen MR) is 93.1 cm³/mol. The Morgan fingerprint density at radius 2 is 1.87 bits per heavy atom. The van der Waals surface area contributed by atoms with Gasteiger partial charge in [0.2, 0.25) is 5.91 Å². The van der Waals surface area contributed by atoms with Gasteiger partial charge in [-0.05, 0) is 23.8 Å². The first-order valence-corrected chi connectivity index (χ1v) is 8.59. The van der Waals surface area contributed by atoms with Gasteiger partial charge < -0.3 is 15.3 Å². The molecule has 4 heteroatoms. The van der Waals surface area contributed by atoms with E-state index in [0.29, 0.717) is 19.0 Å². The summed E-state index contributed by atoms with van der Waals surface area (Å²) in [5.41, 5.74) is 0.990. The van der Waals surface area contributed by atoms with Gasteiger partial charge in [-0.25, -0.2) is 0 Å². The molecule has 2 rings (SSSR count). The zero-order valence-corrected chi connectivity index (χ0v) is 14.6. The summed E-state index contributed by atoms with van der Waals surface area (Å²) in [6.07, 6.45) is 2.05. The monoisotopic (exact) mass is 318 g/mol. The molecule has 128 valence electrons. The average molecular weight is 318 g/mol. The highest BCUT2D eigenvalue weighted by molar-refractivity contribution is 5.76. The fraction of sp³-hybridized carbons (Fsp3) is 0.632. The van der Waals surface area contributed by atoms with Gasteiger partial charge in [-0.1, -0.05) is 51.1 Å². The van der Waals surface area contributed by atoms with Crippen LogP contribution in [0, 0.1) is 5.41 Å². The molecule has 2 N–H and O–H groups in total. The highest BCUT2D eigenvalue weighted by Gasteiger charge is 2.25. The third-order valence-corrected chi connectivity index (χ3v) is 4.31. The Hall–Kier alpha value is -1.39. The molecule has 1 aliphatic rings. The Bertz CT molecular complexity index is 488. The van der Waals surface area contributed by atoms with E-state index in [0.717, 1.165) is 31.5 Å². The summed E-state index contributed by atoms with van der Waals surface area (Å²) >= 11 is 0. The van der Waals surface area contributed by atoms with Crippen molar-refractivity contribution in [3.05, 3.63) is 35.9 Å². The lowest BCUT2D eigenvalue weighted by atomic mass is 9.91. The third kappa shape index (κ3) is 5.96. The number of aliphatic hydroxyl groups excluding tert-OH is 1. The standard InChI is InChI=1S/C19H30N2O2/c1-19(2,3)13-18(23)21-11-9-16(10-12-21)20-14-17(22)15-7-5-4-6-8-15/h4-8,16-17,20,22H,9-14H2,1-3H3. The molecular weight excluding hydrogens is 288 g/mol. The fourth-order valence-corrected chi connectivity index (χ4v) is 2.97. The van der Waals surface area contributed by atoms with Crippen molar-refractivity contribution in [1.82, 2.24) is 10.2 Å². The third-order valence-electron chi connectivity index (χ3n) is 4.31. The number of hydrogen-bond donors (Lipinski definition) is 2. The van der Waals surface area contributed by atoms with E-state index >= 15 is 0 Å². The molecule has 1 unspecified atom stereocenters. The maximum atomic E-state index is 12.2. The first kappa shape index (κ1) is 18.0. The molecule has 23 heavy (non-hydrogen) atoms. The molecule has 1 fully saturated rings. The number of benzene rings is 1. The van der Waals surface area contributed by atoms with Crippen molar-refractivity contribution in [1.29, 1.82) is 0 Å². The zero-order valence-electron chi connectivity index (χ0n) is 14.6. The summed E-state index contributed by atoms with van der Waals surface area (Å²) in [5.74, 6) is 0.264. The molecule has 0 saturated carbocycles. The second-order valence-corrected chi connectivity index (χ2v) is 7.73. The summed E-state index contributed by atoms with van der Waals surface area (Å²) in [6.45, 7) is 8.49. The molecule has 1 heterocycles. The number of carbonyl (C=O) groups is 1. The van der Waals surface area contributed by atoms with Crippen molar-refractivity contribution >= 4 is 5.91 Å². The summed E-state index contributed by atoms with van der Waals surface area (Å²) in [6, 6.07) is 10.1. The minimum absolute atomic E-state index is 0.0476. The van der Waals surface area contributed by atoms with Gasteiger partial charge >= 0.3 is 0 Å². The average Bonchev–Trinajstić information content (AvgIpc) is 2.52. The predicted octanol–water partition coefficient (Wildman–Crippen LogP) is 2.74. The molecule has 4 nitrogen and oxygen atoms in total. The Kier molecular flexibility index (Phi) is 6.19. The Labute approximate surface area is 139 Å². The highest BCUT2D eigenvalue weighted by Crippen LogP contribution is 2.22. The molecular formula is C19H30N2O2. The number of nitrogens with zero attached hydrogens (tertiary/aromatic N) is 1. The maximum Gasteiger partial charge on any atom is 0.223 e. The van der Waals surface area contributed by atoms with Crippen LogP contribution in [0.3, 0.4) is 0 Å². The molecule has 1 aromatic carbocycles. The van der Waals surface area contributed by atoms with Crippen LogP contribution >= 0.6 is 0 Å². The van der Waals surface area contributed by atoms with Gasteiger partial charge in [0.1, 0.15) is 0 Å². The van der Waals surface area contributed by atoms with E-state index < -0.39 is 6.10 Å². The van der Waals surface area contributed by atoms with E-state index in [1.165, 1.54) is 0 Å². The van der Waals surface area contributed by atoms with Gasteiger partial charge in [-0.15, -0.1) is 0 Å². The minimum atomic E-state index is -0.475. The van der Waals surface area contributed by atoms with Gasteiger partial charge in [0.25, 0.3) is 0 Å². The van der Waals surface area contributed by atoms with Gasteiger partial charge in [0.15, 0.2) is 0 Å². The number of rotatable bonds is 5. The largest absolute Gasteiger partial charge is 0.387 e. The Morgan fingerprint density at radius 3 is 2.43 bits per heavy atom. The van der Waals surface area contributed by atoms with Crippen LogP contribution in [0.15, 0.2) is 30.3 Å².